The van der Waals surface area contributed by atoms with E-state index in [4.69, 9.17) is 5.73 Å². The van der Waals surface area contributed by atoms with Crippen LogP contribution in [0, 0.1) is 0 Å². The van der Waals surface area contributed by atoms with Gasteiger partial charge in [0, 0.05) is 35.5 Å². The highest BCUT2D eigenvalue weighted by Crippen LogP contribution is 2.16. The van der Waals surface area contributed by atoms with Crippen molar-refractivity contribution < 1.29 is 0 Å². The summed E-state index contributed by atoms with van der Waals surface area (Å²) in [7, 11) is 0. The minimum Gasteiger partial charge on any atom is -0.334 e. The quantitative estimate of drug-likeness (QED) is 0.810. The van der Waals surface area contributed by atoms with E-state index in [0.29, 0.717) is 0 Å². The fourth-order valence-corrected chi connectivity index (χ4v) is 2.41. The summed E-state index contributed by atoms with van der Waals surface area (Å²) in [5.41, 5.74) is 7.14. The molecule has 0 aliphatic heterocycles. The lowest BCUT2D eigenvalue weighted by molar-refractivity contribution is 0.590. The summed E-state index contributed by atoms with van der Waals surface area (Å²) in [4.78, 5) is 4.17. The molecule has 15 heavy (non-hydrogen) atoms. The summed E-state index contributed by atoms with van der Waals surface area (Å²) in [6.45, 7) is 7.36. The lowest BCUT2D eigenvalue weighted by atomic mass is 10.1. The Kier molecular flexibility index (Phi) is 4.67. The van der Waals surface area contributed by atoms with Crippen LogP contribution in [-0.2, 0) is 12.3 Å². The van der Waals surface area contributed by atoms with Crippen molar-refractivity contribution in [3.05, 3.63) is 18.2 Å². The van der Waals surface area contributed by atoms with E-state index < -0.39 is 0 Å². The highest BCUT2D eigenvalue weighted by molar-refractivity contribution is 7.98. The zero-order chi connectivity index (χ0) is 11.3. The average molecular weight is 227 g/mol. The standard InChI is InChI=1S/C11H21N3S/c1-4-5-14-9-13-6-10(14)7-15-8-11(2,3)12/h6,9H,4-5,7-8,12H2,1-3H3. The van der Waals surface area contributed by atoms with E-state index >= 15 is 0 Å². The molecule has 0 aromatic carbocycles. The summed E-state index contributed by atoms with van der Waals surface area (Å²) in [6, 6.07) is 0. The van der Waals surface area contributed by atoms with Gasteiger partial charge in [-0.25, -0.2) is 4.98 Å². The Labute approximate surface area is 96.5 Å². The third kappa shape index (κ3) is 4.71. The third-order valence-corrected chi connectivity index (χ3v) is 3.44. The number of hydrogen-bond acceptors (Lipinski definition) is 3. The summed E-state index contributed by atoms with van der Waals surface area (Å²) < 4.78 is 2.22. The largest absolute Gasteiger partial charge is 0.334 e. The SMILES string of the molecule is CCCn1cncc1CSCC(C)(C)N. The van der Waals surface area contributed by atoms with Gasteiger partial charge in [0.1, 0.15) is 0 Å². The van der Waals surface area contributed by atoms with Gasteiger partial charge in [0.05, 0.1) is 6.33 Å². The molecule has 0 radical (unpaired) electrons. The second-order valence-corrected chi connectivity index (χ2v) is 5.55. The van der Waals surface area contributed by atoms with Crippen molar-refractivity contribution in [2.24, 2.45) is 5.73 Å². The molecule has 1 heterocycles. The van der Waals surface area contributed by atoms with Crippen molar-refractivity contribution in [1.29, 1.82) is 0 Å². The first-order chi connectivity index (χ1) is 7.03. The zero-order valence-corrected chi connectivity index (χ0v) is 10.7. The Morgan fingerprint density at radius 3 is 2.87 bits per heavy atom. The summed E-state index contributed by atoms with van der Waals surface area (Å²) in [5.74, 6) is 1.98. The van der Waals surface area contributed by atoms with Gasteiger partial charge in [-0.2, -0.15) is 11.8 Å². The first kappa shape index (κ1) is 12.6. The molecule has 0 spiro atoms. The van der Waals surface area contributed by atoms with Gasteiger partial charge >= 0.3 is 0 Å². The predicted octanol–water partition coefficient (Wildman–Crippen LogP) is 2.26. The predicted molar refractivity (Wildman–Crippen MR) is 66.9 cm³/mol. The Hall–Kier alpha value is -0.480. The number of thioether (sulfide) groups is 1. The van der Waals surface area contributed by atoms with Crippen LogP contribution in [0.1, 0.15) is 32.9 Å². The van der Waals surface area contributed by atoms with E-state index in [0.717, 1.165) is 24.5 Å². The number of aromatic nitrogens is 2. The molecule has 3 nitrogen and oxygen atoms in total. The number of nitrogens with two attached hydrogens (primary N) is 1. The summed E-state index contributed by atoms with van der Waals surface area (Å²) in [6.07, 6.45) is 5.01. The van der Waals surface area contributed by atoms with Crippen LogP contribution in [0.5, 0.6) is 0 Å². The molecule has 0 aliphatic carbocycles. The molecular weight excluding hydrogens is 206 g/mol. The van der Waals surface area contributed by atoms with E-state index in [9.17, 15) is 0 Å². The second kappa shape index (κ2) is 5.56. The molecule has 0 saturated heterocycles. The number of nitrogens with zero attached hydrogens (tertiary/aromatic N) is 2. The highest BCUT2D eigenvalue weighted by atomic mass is 32.2. The van der Waals surface area contributed by atoms with Crippen LogP contribution in [0.2, 0.25) is 0 Å². The normalized spacial score (nSPS) is 12.0. The van der Waals surface area contributed by atoms with Crippen molar-refractivity contribution in [1.82, 2.24) is 9.55 Å². The molecule has 0 amide bonds. The van der Waals surface area contributed by atoms with E-state index in [1.807, 2.05) is 24.3 Å². The van der Waals surface area contributed by atoms with E-state index in [2.05, 4.69) is 30.3 Å². The first-order valence-electron chi connectivity index (χ1n) is 5.38. The first-order valence-corrected chi connectivity index (χ1v) is 6.54. The minimum absolute atomic E-state index is 0.0831. The molecule has 0 bridgehead atoms. The number of aryl methyl sites for hydroxylation is 1. The van der Waals surface area contributed by atoms with Crippen LogP contribution >= 0.6 is 11.8 Å². The fourth-order valence-electron chi connectivity index (χ4n) is 1.33. The molecule has 4 heteroatoms. The monoisotopic (exact) mass is 227 g/mol. The Balaban J connectivity index is 2.40. The van der Waals surface area contributed by atoms with Gasteiger partial charge in [-0.1, -0.05) is 6.92 Å². The van der Waals surface area contributed by atoms with Crippen LogP contribution in [0.3, 0.4) is 0 Å². The van der Waals surface area contributed by atoms with Gasteiger partial charge in [0.25, 0.3) is 0 Å². The summed E-state index contributed by atoms with van der Waals surface area (Å²) >= 11 is 1.87. The van der Waals surface area contributed by atoms with Gasteiger partial charge in [0.2, 0.25) is 0 Å². The fraction of sp³-hybridized carbons (Fsp3) is 0.727. The maximum Gasteiger partial charge on any atom is 0.0948 e. The van der Waals surface area contributed by atoms with Crippen LogP contribution in [0.4, 0.5) is 0 Å². The molecule has 0 saturated carbocycles. The topological polar surface area (TPSA) is 43.8 Å². The molecule has 1 aromatic heterocycles. The molecule has 0 fully saturated rings. The Morgan fingerprint density at radius 1 is 1.53 bits per heavy atom. The van der Waals surface area contributed by atoms with E-state index in [1.54, 1.807) is 0 Å². The van der Waals surface area contributed by atoms with Crippen molar-refractivity contribution in [3.8, 4) is 0 Å². The molecule has 2 N–H and O–H groups in total. The molecule has 86 valence electrons. The third-order valence-electron chi connectivity index (χ3n) is 1.99. The number of rotatable bonds is 6. The lowest BCUT2D eigenvalue weighted by Gasteiger charge is -2.17. The van der Waals surface area contributed by atoms with Crippen molar-refractivity contribution in [2.75, 3.05) is 5.75 Å². The molecule has 0 aliphatic rings. The maximum atomic E-state index is 5.93. The maximum absolute atomic E-state index is 5.93. The minimum atomic E-state index is -0.0831. The summed E-state index contributed by atoms with van der Waals surface area (Å²) in [5, 5.41) is 0. The van der Waals surface area contributed by atoms with Crippen LogP contribution in [0.15, 0.2) is 12.5 Å². The zero-order valence-electron chi connectivity index (χ0n) is 9.86. The lowest BCUT2D eigenvalue weighted by Crippen LogP contribution is -2.34. The average Bonchev–Trinajstić information content (AvgIpc) is 2.51. The number of hydrogen-bond donors (Lipinski definition) is 1. The van der Waals surface area contributed by atoms with Crippen LogP contribution in [0.25, 0.3) is 0 Å². The highest BCUT2D eigenvalue weighted by Gasteiger charge is 2.11. The molecule has 1 aromatic rings. The van der Waals surface area contributed by atoms with Crippen molar-refractivity contribution >= 4 is 11.8 Å². The molecule has 1 rings (SSSR count). The van der Waals surface area contributed by atoms with Gasteiger partial charge in [-0.15, -0.1) is 0 Å². The van der Waals surface area contributed by atoms with E-state index in [1.165, 1.54) is 5.69 Å². The number of imidazole rings is 1. The van der Waals surface area contributed by atoms with Crippen LogP contribution < -0.4 is 5.73 Å². The van der Waals surface area contributed by atoms with Gasteiger partial charge < -0.3 is 10.3 Å². The molecule has 0 atom stereocenters. The van der Waals surface area contributed by atoms with Crippen molar-refractivity contribution in [2.45, 2.75) is 45.0 Å². The Morgan fingerprint density at radius 2 is 2.27 bits per heavy atom. The smallest absolute Gasteiger partial charge is 0.0948 e. The second-order valence-electron chi connectivity index (χ2n) is 4.56. The van der Waals surface area contributed by atoms with Crippen molar-refractivity contribution in [3.63, 3.8) is 0 Å². The Bertz CT molecular complexity index is 288. The molecule has 0 unspecified atom stereocenters. The van der Waals surface area contributed by atoms with E-state index in [-0.39, 0.29) is 5.54 Å². The molecular formula is C11H21N3S. The van der Waals surface area contributed by atoms with Gasteiger partial charge in [-0.3, -0.25) is 0 Å². The van der Waals surface area contributed by atoms with Gasteiger partial charge in [0.15, 0.2) is 0 Å². The van der Waals surface area contributed by atoms with Crippen LogP contribution in [-0.4, -0.2) is 20.8 Å². The van der Waals surface area contributed by atoms with Gasteiger partial charge in [-0.05, 0) is 20.3 Å².